The number of nitrogens with zero attached hydrogens (tertiary/aromatic N) is 6. The second-order valence-electron chi connectivity index (χ2n) is 8.35. The van der Waals surface area contributed by atoms with Gasteiger partial charge in [0, 0.05) is 30.5 Å². The lowest BCUT2D eigenvalue weighted by Gasteiger charge is -2.17. The SMILES string of the molecule is BN(Cc1nc(-c2cccc(C)n2)c(-c2ccc3ncnn3c2)[nH]1)Cc1ccccc1CC. The second kappa shape index (κ2) is 9.00. The summed E-state index contributed by atoms with van der Waals surface area (Å²) in [5.74, 6) is 0.901. The highest BCUT2D eigenvalue weighted by molar-refractivity contribution is 6.04. The second-order valence-corrected chi connectivity index (χ2v) is 8.35. The third kappa shape index (κ3) is 4.43. The number of benzene rings is 1. The van der Waals surface area contributed by atoms with E-state index in [2.05, 4.69) is 59.0 Å². The lowest BCUT2D eigenvalue weighted by molar-refractivity contribution is 0.431. The molecule has 0 saturated carbocycles. The van der Waals surface area contributed by atoms with Gasteiger partial charge in [-0.1, -0.05) is 37.3 Å². The Hall–Kier alpha value is -3.78. The largest absolute Gasteiger partial charge is 0.340 e. The zero-order valence-electron chi connectivity index (χ0n) is 19.2. The summed E-state index contributed by atoms with van der Waals surface area (Å²) in [6.45, 7) is 5.76. The summed E-state index contributed by atoms with van der Waals surface area (Å²) in [7, 11) is 2.13. The quantitative estimate of drug-likeness (QED) is 0.396. The normalized spacial score (nSPS) is 11.5. The fourth-order valence-corrected chi connectivity index (χ4v) is 4.19. The van der Waals surface area contributed by atoms with E-state index in [-0.39, 0.29) is 0 Å². The Labute approximate surface area is 194 Å². The molecule has 0 aliphatic carbocycles. The molecular formula is C25H26BN7. The highest BCUT2D eigenvalue weighted by Gasteiger charge is 2.17. The zero-order chi connectivity index (χ0) is 22.8. The summed E-state index contributed by atoms with van der Waals surface area (Å²) < 4.78 is 1.77. The van der Waals surface area contributed by atoms with E-state index in [0.717, 1.165) is 52.8 Å². The number of imidazole rings is 1. The number of aromatic amines is 1. The van der Waals surface area contributed by atoms with E-state index < -0.39 is 0 Å². The van der Waals surface area contributed by atoms with Crippen LogP contribution in [-0.4, -0.2) is 42.3 Å². The van der Waals surface area contributed by atoms with E-state index in [4.69, 9.17) is 9.97 Å². The van der Waals surface area contributed by atoms with Crippen molar-refractivity contribution in [3.63, 3.8) is 0 Å². The van der Waals surface area contributed by atoms with Crippen molar-refractivity contribution in [2.24, 2.45) is 0 Å². The van der Waals surface area contributed by atoms with Gasteiger partial charge in [-0.3, -0.25) is 4.98 Å². The van der Waals surface area contributed by atoms with Crippen molar-refractivity contribution in [2.45, 2.75) is 33.4 Å². The smallest absolute Gasteiger partial charge is 0.186 e. The maximum Gasteiger partial charge on any atom is 0.186 e. The van der Waals surface area contributed by atoms with Crippen LogP contribution in [0.4, 0.5) is 0 Å². The number of hydrogen-bond donors (Lipinski definition) is 1. The molecule has 33 heavy (non-hydrogen) atoms. The third-order valence-electron chi connectivity index (χ3n) is 5.81. The van der Waals surface area contributed by atoms with Gasteiger partial charge in [-0.05, 0) is 48.7 Å². The molecule has 1 aromatic carbocycles. The minimum Gasteiger partial charge on any atom is -0.340 e. The van der Waals surface area contributed by atoms with Crippen molar-refractivity contribution < 1.29 is 0 Å². The molecule has 0 bridgehead atoms. The number of hydrogen-bond acceptors (Lipinski definition) is 5. The molecular weight excluding hydrogens is 409 g/mol. The van der Waals surface area contributed by atoms with Crippen LogP contribution in [0.3, 0.4) is 0 Å². The Morgan fingerprint density at radius 1 is 0.970 bits per heavy atom. The molecule has 5 aromatic rings. The first-order valence-electron chi connectivity index (χ1n) is 11.2. The average Bonchev–Trinajstić information content (AvgIpc) is 3.46. The molecule has 0 spiro atoms. The number of pyridine rings is 2. The third-order valence-corrected chi connectivity index (χ3v) is 5.81. The van der Waals surface area contributed by atoms with Gasteiger partial charge in [-0.15, -0.1) is 0 Å². The molecule has 0 fully saturated rings. The fraction of sp³-hybridized carbons (Fsp3) is 0.200. The molecule has 164 valence electrons. The van der Waals surface area contributed by atoms with Gasteiger partial charge in [0.1, 0.15) is 17.8 Å². The minimum absolute atomic E-state index is 0.697. The van der Waals surface area contributed by atoms with E-state index in [1.807, 2.05) is 43.5 Å². The molecule has 0 amide bonds. The van der Waals surface area contributed by atoms with Crippen LogP contribution in [0.2, 0.25) is 0 Å². The zero-order valence-corrected chi connectivity index (χ0v) is 19.2. The molecule has 0 aliphatic rings. The van der Waals surface area contributed by atoms with Crippen LogP contribution in [0.25, 0.3) is 28.3 Å². The van der Waals surface area contributed by atoms with Crippen molar-refractivity contribution >= 4 is 13.6 Å². The Balaban J connectivity index is 1.50. The number of aromatic nitrogens is 6. The Morgan fingerprint density at radius 3 is 2.64 bits per heavy atom. The fourth-order valence-electron chi connectivity index (χ4n) is 4.19. The highest BCUT2D eigenvalue weighted by atomic mass is 15.3. The van der Waals surface area contributed by atoms with Gasteiger partial charge in [0.15, 0.2) is 13.6 Å². The van der Waals surface area contributed by atoms with Crippen LogP contribution in [0.15, 0.2) is 67.1 Å². The summed E-state index contributed by atoms with van der Waals surface area (Å²) in [5.41, 5.74) is 8.13. The molecule has 4 aromatic heterocycles. The van der Waals surface area contributed by atoms with Crippen LogP contribution in [0.5, 0.6) is 0 Å². The topological polar surface area (TPSA) is 75.0 Å². The van der Waals surface area contributed by atoms with Crippen LogP contribution < -0.4 is 0 Å². The summed E-state index contributed by atoms with van der Waals surface area (Å²) in [4.78, 5) is 19.8. The van der Waals surface area contributed by atoms with Crippen molar-refractivity contribution in [1.29, 1.82) is 0 Å². The van der Waals surface area contributed by atoms with Gasteiger partial charge in [0.25, 0.3) is 0 Å². The highest BCUT2D eigenvalue weighted by Crippen LogP contribution is 2.30. The molecule has 7 nitrogen and oxygen atoms in total. The molecule has 0 aliphatic heterocycles. The lowest BCUT2D eigenvalue weighted by atomic mass is 10.0. The minimum atomic E-state index is 0.697. The molecule has 5 rings (SSSR count). The van der Waals surface area contributed by atoms with Crippen LogP contribution in [0.1, 0.15) is 29.6 Å². The molecule has 0 saturated heterocycles. The maximum atomic E-state index is 4.98. The maximum absolute atomic E-state index is 4.98. The summed E-state index contributed by atoms with van der Waals surface area (Å²) >= 11 is 0. The van der Waals surface area contributed by atoms with Gasteiger partial charge in [-0.25, -0.2) is 14.5 Å². The summed E-state index contributed by atoms with van der Waals surface area (Å²) in [6.07, 6.45) is 4.56. The van der Waals surface area contributed by atoms with Crippen molar-refractivity contribution in [1.82, 2.24) is 34.4 Å². The van der Waals surface area contributed by atoms with Crippen molar-refractivity contribution in [2.75, 3.05) is 0 Å². The predicted octanol–water partition coefficient (Wildman–Crippen LogP) is 3.60. The van der Waals surface area contributed by atoms with Gasteiger partial charge in [0.05, 0.1) is 11.4 Å². The number of H-pyrrole nitrogens is 1. The first kappa shape index (κ1) is 21.1. The van der Waals surface area contributed by atoms with Crippen LogP contribution >= 0.6 is 0 Å². The van der Waals surface area contributed by atoms with Gasteiger partial charge in [-0.2, -0.15) is 5.10 Å². The first-order valence-corrected chi connectivity index (χ1v) is 11.2. The number of nitrogens with one attached hydrogen (secondary N) is 1. The number of rotatable bonds is 7. The standard InChI is InChI=1S/C25H26BN7/c1-3-18-8-4-5-9-19(18)13-32(26)15-22-30-24(20-11-12-23-27-16-28-33(23)14-20)25(31-22)21-10-6-7-17(2)29-21/h4-12,14,16H,3,13,15,26H2,1-2H3,(H,30,31). The predicted molar refractivity (Wildman–Crippen MR) is 132 cm³/mol. The van der Waals surface area contributed by atoms with E-state index >= 15 is 0 Å². The molecule has 0 unspecified atom stereocenters. The van der Waals surface area contributed by atoms with Gasteiger partial charge in [0.2, 0.25) is 0 Å². The van der Waals surface area contributed by atoms with Crippen molar-refractivity contribution in [3.05, 3.63) is 89.8 Å². The monoisotopic (exact) mass is 435 g/mol. The van der Waals surface area contributed by atoms with E-state index in [1.165, 1.54) is 11.1 Å². The molecule has 0 atom stereocenters. The molecule has 8 heteroatoms. The van der Waals surface area contributed by atoms with Gasteiger partial charge >= 0.3 is 0 Å². The molecule has 4 heterocycles. The lowest BCUT2D eigenvalue weighted by Crippen LogP contribution is -2.20. The number of fused-ring (bicyclic) bond motifs is 1. The van der Waals surface area contributed by atoms with Gasteiger partial charge < -0.3 is 9.79 Å². The summed E-state index contributed by atoms with van der Waals surface area (Å²) in [5, 5.41) is 4.29. The average molecular weight is 435 g/mol. The van der Waals surface area contributed by atoms with Crippen molar-refractivity contribution in [3.8, 4) is 22.6 Å². The van der Waals surface area contributed by atoms with Crippen LogP contribution in [0, 0.1) is 6.92 Å². The van der Waals surface area contributed by atoms with E-state index in [9.17, 15) is 0 Å². The first-order chi connectivity index (χ1) is 16.1. The van der Waals surface area contributed by atoms with Crippen LogP contribution in [-0.2, 0) is 19.5 Å². The number of aryl methyl sites for hydroxylation is 2. The summed E-state index contributed by atoms with van der Waals surface area (Å²) in [6, 6.07) is 18.6. The molecule has 1 N–H and O–H groups in total. The Bertz CT molecular complexity index is 1400. The molecule has 0 radical (unpaired) electrons. The Morgan fingerprint density at radius 2 is 1.82 bits per heavy atom. The van der Waals surface area contributed by atoms with E-state index in [0.29, 0.717) is 6.54 Å². The van der Waals surface area contributed by atoms with E-state index in [1.54, 1.807) is 10.8 Å². The Kier molecular flexibility index (Phi) is 5.75.